The van der Waals surface area contributed by atoms with E-state index in [-0.39, 0.29) is 0 Å². The Bertz CT molecular complexity index is 357. The summed E-state index contributed by atoms with van der Waals surface area (Å²) in [6, 6.07) is 4.16. The molecule has 1 fully saturated rings. The minimum atomic E-state index is 0.844. The minimum absolute atomic E-state index is 0.844. The lowest BCUT2D eigenvalue weighted by molar-refractivity contribution is 0.382. The number of nitrogens with zero attached hydrogens (tertiary/aromatic N) is 2. The van der Waals surface area contributed by atoms with Crippen LogP contribution in [0.3, 0.4) is 0 Å². The number of aryl methyl sites for hydroxylation is 1. The Morgan fingerprint density at radius 1 is 1.39 bits per heavy atom. The van der Waals surface area contributed by atoms with Gasteiger partial charge in [-0.05, 0) is 56.8 Å². The Balaban J connectivity index is 1.81. The van der Waals surface area contributed by atoms with Gasteiger partial charge >= 0.3 is 0 Å². The molecular formula is C15H25N3. The van der Waals surface area contributed by atoms with E-state index in [1.807, 2.05) is 12.3 Å². The van der Waals surface area contributed by atoms with E-state index in [0.29, 0.717) is 0 Å². The number of nitrogens with one attached hydrogen (secondary N) is 1. The van der Waals surface area contributed by atoms with Gasteiger partial charge in [-0.25, -0.2) is 4.98 Å². The molecule has 1 aromatic heterocycles. The van der Waals surface area contributed by atoms with E-state index in [1.165, 1.54) is 37.2 Å². The molecule has 18 heavy (non-hydrogen) atoms. The van der Waals surface area contributed by atoms with Crippen molar-refractivity contribution in [2.24, 2.45) is 5.92 Å². The Labute approximate surface area is 111 Å². The second-order valence-electron chi connectivity index (χ2n) is 5.28. The summed E-state index contributed by atoms with van der Waals surface area (Å²) in [6.45, 7) is 9.01. The summed E-state index contributed by atoms with van der Waals surface area (Å²) in [4.78, 5) is 6.95. The van der Waals surface area contributed by atoms with Crippen molar-refractivity contribution in [3.63, 3.8) is 0 Å². The van der Waals surface area contributed by atoms with Crippen LogP contribution in [-0.4, -0.2) is 31.2 Å². The fraction of sp³-hybridized carbons (Fsp3) is 0.667. The highest BCUT2D eigenvalue weighted by Crippen LogP contribution is 2.23. The first-order chi connectivity index (χ1) is 8.81. The van der Waals surface area contributed by atoms with Gasteiger partial charge < -0.3 is 10.2 Å². The molecule has 0 spiro atoms. The van der Waals surface area contributed by atoms with Crippen molar-refractivity contribution in [2.75, 3.05) is 31.1 Å². The lowest BCUT2D eigenvalue weighted by Crippen LogP contribution is -2.38. The molecule has 0 radical (unpaired) electrons. The lowest BCUT2D eigenvalue weighted by Gasteiger charge is -2.33. The summed E-state index contributed by atoms with van der Waals surface area (Å²) in [5.74, 6) is 2.02. The molecule has 1 N–H and O–H groups in total. The highest BCUT2D eigenvalue weighted by Gasteiger charge is 2.20. The summed E-state index contributed by atoms with van der Waals surface area (Å²) in [5, 5.41) is 3.54. The molecule has 0 atom stereocenters. The van der Waals surface area contributed by atoms with Crippen LogP contribution in [0.4, 0.5) is 5.82 Å². The van der Waals surface area contributed by atoms with Gasteiger partial charge in [-0.15, -0.1) is 0 Å². The number of hydrogen-bond acceptors (Lipinski definition) is 3. The average molecular weight is 247 g/mol. The standard InChI is InChI=1S/C15H25N3/c1-3-8-16-12-14-6-10-18(11-7-14)15-13(2)5-4-9-17-15/h4-5,9,14,16H,3,6-8,10-12H2,1-2H3. The van der Waals surface area contributed by atoms with E-state index < -0.39 is 0 Å². The maximum absolute atomic E-state index is 4.51. The van der Waals surface area contributed by atoms with Crippen LogP contribution in [0.2, 0.25) is 0 Å². The first kappa shape index (κ1) is 13.3. The molecule has 1 saturated heterocycles. The maximum Gasteiger partial charge on any atom is 0.131 e. The second kappa shape index (κ2) is 6.74. The molecule has 0 aliphatic carbocycles. The monoisotopic (exact) mass is 247 g/mol. The molecule has 100 valence electrons. The number of aromatic nitrogens is 1. The number of hydrogen-bond donors (Lipinski definition) is 1. The fourth-order valence-electron chi connectivity index (χ4n) is 2.64. The van der Waals surface area contributed by atoms with Crippen LogP contribution >= 0.6 is 0 Å². The van der Waals surface area contributed by atoms with Crippen LogP contribution in [0, 0.1) is 12.8 Å². The van der Waals surface area contributed by atoms with Crippen LogP contribution < -0.4 is 10.2 Å². The van der Waals surface area contributed by atoms with E-state index in [2.05, 4.69) is 35.1 Å². The normalized spacial score (nSPS) is 17.1. The molecule has 1 aliphatic rings. The lowest BCUT2D eigenvalue weighted by atomic mass is 9.96. The number of anilines is 1. The fourth-order valence-corrected chi connectivity index (χ4v) is 2.64. The average Bonchev–Trinajstić information content (AvgIpc) is 2.41. The van der Waals surface area contributed by atoms with Crippen LogP contribution in [0.5, 0.6) is 0 Å². The third kappa shape index (κ3) is 3.45. The van der Waals surface area contributed by atoms with Crippen LogP contribution in [0.1, 0.15) is 31.7 Å². The molecule has 0 saturated carbocycles. The highest BCUT2D eigenvalue weighted by atomic mass is 15.2. The quantitative estimate of drug-likeness (QED) is 0.811. The summed E-state index contributed by atoms with van der Waals surface area (Å²) in [6.07, 6.45) is 5.70. The van der Waals surface area contributed by atoms with Crippen molar-refractivity contribution >= 4 is 5.82 Å². The third-order valence-electron chi connectivity index (χ3n) is 3.76. The van der Waals surface area contributed by atoms with Gasteiger partial charge in [0.2, 0.25) is 0 Å². The zero-order chi connectivity index (χ0) is 12.8. The summed E-state index contributed by atoms with van der Waals surface area (Å²) in [5.41, 5.74) is 1.29. The Morgan fingerprint density at radius 3 is 2.83 bits per heavy atom. The van der Waals surface area contributed by atoms with Crippen LogP contribution in [0.15, 0.2) is 18.3 Å². The van der Waals surface area contributed by atoms with Gasteiger partial charge in [0.05, 0.1) is 0 Å². The number of rotatable bonds is 5. The van der Waals surface area contributed by atoms with E-state index in [1.54, 1.807) is 0 Å². The van der Waals surface area contributed by atoms with E-state index in [0.717, 1.165) is 25.6 Å². The highest BCUT2D eigenvalue weighted by molar-refractivity contribution is 5.46. The summed E-state index contributed by atoms with van der Waals surface area (Å²) < 4.78 is 0. The third-order valence-corrected chi connectivity index (χ3v) is 3.76. The predicted molar refractivity (Wildman–Crippen MR) is 77.1 cm³/mol. The zero-order valence-electron chi connectivity index (χ0n) is 11.7. The molecule has 0 bridgehead atoms. The summed E-state index contributed by atoms with van der Waals surface area (Å²) >= 11 is 0. The molecule has 1 aromatic rings. The van der Waals surface area contributed by atoms with Gasteiger partial charge in [0.1, 0.15) is 5.82 Å². The molecule has 0 aromatic carbocycles. The van der Waals surface area contributed by atoms with Gasteiger partial charge in [0.15, 0.2) is 0 Å². The first-order valence-corrected chi connectivity index (χ1v) is 7.18. The molecule has 1 aliphatic heterocycles. The smallest absolute Gasteiger partial charge is 0.131 e. The maximum atomic E-state index is 4.51. The topological polar surface area (TPSA) is 28.2 Å². The van der Waals surface area contributed by atoms with Crippen molar-refractivity contribution < 1.29 is 0 Å². The van der Waals surface area contributed by atoms with E-state index in [9.17, 15) is 0 Å². The second-order valence-corrected chi connectivity index (χ2v) is 5.28. The van der Waals surface area contributed by atoms with Crippen LogP contribution in [-0.2, 0) is 0 Å². The number of piperidine rings is 1. The molecule has 0 amide bonds. The largest absolute Gasteiger partial charge is 0.356 e. The molecule has 2 rings (SSSR count). The van der Waals surface area contributed by atoms with Crippen molar-refractivity contribution in [3.05, 3.63) is 23.9 Å². The van der Waals surface area contributed by atoms with Gasteiger partial charge in [-0.3, -0.25) is 0 Å². The molecular weight excluding hydrogens is 222 g/mol. The SMILES string of the molecule is CCCNCC1CCN(c2ncccc2C)CC1. The first-order valence-electron chi connectivity index (χ1n) is 7.18. The predicted octanol–water partition coefficient (Wildman–Crippen LogP) is 2.61. The molecule has 3 heteroatoms. The van der Waals surface area contributed by atoms with Gasteiger partial charge in [-0.2, -0.15) is 0 Å². The van der Waals surface area contributed by atoms with Crippen LogP contribution in [0.25, 0.3) is 0 Å². The van der Waals surface area contributed by atoms with E-state index >= 15 is 0 Å². The van der Waals surface area contributed by atoms with Crippen molar-refractivity contribution in [1.29, 1.82) is 0 Å². The van der Waals surface area contributed by atoms with Crippen molar-refractivity contribution in [1.82, 2.24) is 10.3 Å². The Hall–Kier alpha value is -1.09. The van der Waals surface area contributed by atoms with Gasteiger partial charge in [0.25, 0.3) is 0 Å². The molecule has 0 unspecified atom stereocenters. The van der Waals surface area contributed by atoms with Crippen molar-refractivity contribution in [2.45, 2.75) is 33.1 Å². The number of pyridine rings is 1. The molecule has 3 nitrogen and oxygen atoms in total. The van der Waals surface area contributed by atoms with Crippen molar-refractivity contribution in [3.8, 4) is 0 Å². The zero-order valence-corrected chi connectivity index (χ0v) is 11.7. The Morgan fingerprint density at radius 2 is 2.17 bits per heavy atom. The van der Waals surface area contributed by atoms with Gasteiger partial charge in [0, 0.05) is 19.3 Å². The molecule has 2 heterocycles. The van der Waals surface area contributed by atoms with Gasteiger partial charge in [-0.1, -0.05) is 13.0 Å². The Kier molecular flexibility index (Phi) is 5.00. The summed E-state index contributed by atoms with van der Waals surface area (Å²) in [7, 11) is 0. The van der Waals surface area contributed by atoms with E-state index in [4.69, 9.17) is 0 Å². The minimum Gasteiger partial charge on any atom is -0.356 e.